The van der Waals surface area contributed by atoms with Crippen molar-refractivity contribution in [2.24, 2.45) is 7.05 Å². The highest BCUT2D eigenvalue weighted by Crippen LogP contribution is 2.22. The van der Waals surface area contributed by atoms with Crippen molar-refractivity contribution in [1.82, 2.24) is 25.3 Å². The maximum absolute atomic E-state index is 13.8. The molecule has 1 aromatic rings. The lowest BCUT2D eigenvalue weighted by Gasteiger charge is -2.24. The Hall–Kier alpha value is -1.67. The number of nitrogens with one attached hydrogen (secondary N) is 2. The lowest BCUT2D eigenvalue weighted by Crippen LogP contribution is -2.45. The van der Waals surface area contributed by atoms with Crippen LogP contribution in [0.3, 0.4) is 0 Å². The van der Waals surface area contributed by atoms with Crippen LogP contribution in [-0.4, -0.2) is 65.3 Å². The van der Waals surface area contributed by atoms with Crippen molar-refractivity contribution in [2.45, 2.75) is 44.1 Å². The van der Waals surface area contributed by atoms with Crippen LogP contribution in [0, 0.1) is 0 Å². The van der Waals surface area contributed by atoms with Gasteiger partial charge in [-0.3, -0.25) is 9.58 Å². The lowest BCUT2D eigenvalue weighted by atomic mass is 10.2. The molecule has 8 heteroatoms. The first-order chi connectivity index (χ1) is 11.6. The molecule has 2 N–H and O–H groups in total. The molecule has 134 valence electrons. The van der Waals surface area contributed by atoms with Crippen molar-refractivity contribution >= 4 is 6.03 Å². The Balaban J connectivity index is 1.44. The molecule has 7 nitrogen and oxygen atoms in total. The van der Waals surface area contributed by atoms with Crippen LogP contribution >= 0.6 is 0 Å². The molecular formula is C16H26FN5O2. The third-order valence-corrected chi connectivity index (χ3v) is 4.78. The summed E-state index contributed by atoms with van der Waals surface area (Å²) in [5.41, 5.74) is 1.04. The largest absolute Gasteiger partial charge is 0.376 e. The molecule has 3 atom stereocenters. The molecule has 0 aliphatic carbocycles. The Morgan fingerprint density at radius 3 is 3.00 bits per heavy atom. The number of carbonyl (C=O) groups is 1. The number of alkyl halides is 1. The summed E-state index contributed by atoms with van der Waals surface area (Å²) < 4.78 is 21.1. The molecule has 0 radical (unpaired) electrons. The van der Waals surface area contributed by atoms with Gasteiger partial charge in [0.1, 0.15) is 6.17 Å². The number of aromatic nitrogens is 2. The number of nitrogens with zero attached hydrogens (tertiary/aromatic N) is 3. The smallest absolute Gasteiger partial charge is 0.314 e. The van der Waals surface area contributed by atoms with Crippen LogP contribution in [0.1, 0.15) is 25.0 Å². The van der Waals surface area contributed by atoms with Gasteiger partial charge in [0.15, 0.2) is 0 Å². The summed E-state index contributed by atoms with van der Waals surface area (Å²) in [7, 11) is 1.88. The lowest BCUT2D eigenvalue weighted by molar-refractivity contribution is 0.111. The molecule has 0 bridgehead atoms. The third kappa shape index (κ3) is 4.45. The molecule has 24 heavy (non-hydrogen) atoms. The van der Waals surface area contributed by atoms with E-state index in [4.69, 9.17) is 4.74 Å². The van der Waals surface area contributed by atoms with Crippen LogP contribution in [-0.2, 0) is 18.3 Å². The van der Waals surface area contributed by atoms with Crippen LogP contribution in [0.25, 0.3) is 0 Å². The molecule has 2 aliphatic rings. The van der Waals surface area contributed by atoms with Crippen molar-refractivity contribution in [2.75, 3.05) is 26.2 Å². The molecule has 0 aromatic carbocycles. The minimum Gasteiger partial charge on any atom is -0.376 e. The maximum Gasteiger partial charge on any atom is 0.314 e. The van der Waals surface area contributed by atoms with Crippen molar-refractivity contribution < 1.29 is 13.9 Å². The van der Waals surface area contributed by atoms with Crippen molar-refractivity contribution in [3.05, 3.63) is 18.0 Å². The van der Waals surface area contributed by atoms with Gasteiger partial charge in [-0.05, 0) is 25.3 Å². The molecule has 2 aliphatic heterocycles. The summed E-state index contributed by atoms with van der Waals surface area (Å²) >= 11 is 0. The van der Waals surface area contributed by atoms with Gasteiger partial charge in [0.2, 0.25) is 0 Å². The molecule has 2 amide bonds. The fourth-order valence-electron chi connectivity index (χ4n) is 3.38. The van der Waals surface area contributed by atoms with Crippen LogP contribution in [0.4, 0.5) is 9.18 Å². The summed E-state index contributed by atoms with van der Waals surface area (Å²) in [6, 6.07) is 1.72. The van der Waals surface area contributed by atoms with E-state index in [1.165, 1.54) is 0 Å². The van der Waals surface area contributed by atoms with Gasteiger partial charge in [0.25, 0.3) is 0 Å². The normalized spacial score (nSPS) is 27.5. The van der Waals surface area contributed by atoms with Crippen LogP contribution in [0.2, 0.25) is 0 Å². The van der Waals surface area contributed by atoms with Gasteiger partial charge in [0, 0.05) is 52.1 Å². The SMILES string of the molecule is Cn1nccc1CN1C[C@@H](F)C[C@H]1CNC(=O)NC[C@H]1CCCO1. The van der Waals surface area contributed by atoms with Gasteiger partial charge < -0.3 is 15.4 Å². The van der Waals surface area contributed by atoms with E-state index in [9.17, 15) is 9.18 Å². The van der Waals surface area contributed by atoms with Crippen LogP contribution < -0.4 is 10.6 Å². The van der Waals surface area contributed by atoms with Gasteiger partial charge in [-0.15, -0.1) is 0 Å². The summed E-state index contributed by atoms with van der Waals surface area (Å²) in [5.74, 6) is 0. The minimum absolute atomic E-state index is 0.00313. The van der Waals surface area contributed by atoms with Gasteiger partial charge >= 0.3 is 6.03 Å². The number of rotatable bonds is 6. The monoisotopic (exact) mass is 339 g/mol. The average Bonchev–Trinajstić information content (AvgIpc) is 3.27. The number of likely N-dealkylation sites (tertiary alicyclic amines) is 1. The van der Waals surface area contributed by atoms with Crippen molar-refractivity contribution in [3.8, 4) is 0 Å². The number of hydrogen-bond donors (Lipinski definition) is 2. The highest BCUT2D eigenvalue weighted by atomic mass is 19.1. The summed E-state index contributed by atoms with van der Waals surface area (Å²) in [4.78, 5) is 14.0. The molecule has 3 heterocycles. The molecule has 1 aromatic heterocycles. The van der Waals surface area contributed by atoms with E-state index in [0.29, 0.717) is 32.6 Å². The third-order valence-electron chi connectivity index (χ3n) is 4.78. The summed E-state index contributed by atoms with van der Waals surface area (Å²) in [6.07, 6.45) is 3.51. The van der Waals surface area contributed by atoms with E-state index in [1.54, 1.807) is 10.9 Å². The summed E-state index contributed by atoms with van der Waals surface area (Å²) in [5, 5.41) is 9.83. The van der Waals surface area contributed by atoms with E-state index < -0.39 is 6.17 Å². The number of aryl methyl sites for hydroxylation is 1. The fraction of sp³-hybridized carbons (Fsp3) is 0.750. The zero-order valence-corrected chi connectivity index (χ0v) is 14.1. The average molecular weight is 339 g/mol. The van der Waals surface area contributed by atoms with E-state index in [1.807, 2.05) is 13.1 Å². The predicted molar refractivity (Wildman–Crippen MR) is 87.3 cm³/mol. The molecule has 0 spiro atoms. The van der Waals surface area contributed by atoms with Crippen molar-refractivity contribution in [3.63, 3.8) is 0 Å². The van der Waals surface area contributed by atoms with E-state index in [-0.39, 0.29) is 18.2 Å². The molecule has 2 saturated heterocycles. The first-order valence-corrected chi connectivity index (χ1v) is 8.60. The van der Waals surface area contributed by atoms with E-state index in [2.05, 4.69) is 20.6 Å². The number of ether oxygens (including phenoxy) is 1. The Kier molecular flexibility index (Phi) is 5.68. The fourth-order valence-corrected chi connectivity index (χ4v) is 3.38. The summed E-state index contributed by atoms with van der Waals surface area (Å²) in [6.45, 7) is 2.78. The topological polar surface area (TPSA) is 71.4 Å². The van der Waals surface area contributed by atoms with Crippen LogP contribution in [0.5, 0.6) is 0 Å². The first-order valence-electron chi connectivity index (χ1n) is 8.60. The van der Waals surface area contributed by atoms with E-state index in [0.717, 1.165) is 25.1 Å². The second kappa shape index (κ2) is 7.94. The standard InChI is InChI=1S/C16H26FN5O2/c1-21-13(4-5-20-21)11-22-10-12(17)7-14(22)8-18-16(23)19-9-15-3-2-6-24-15/h4-5,12,14-15H,2-3,6-11H2,1H3,(H2,18,19,23)/t12-,14-,15+/m0/s1. The van der Waals surface area contributed by atoms with Gasteiger partial charge in [0.05, 0.1) is 11.8 Å². The number of urea groups is 1. The predicted octanol–water partition coefficient (Wildman–Crippen LogP) is 0.811. The Labute approximate surface area is 141 Å². The van der Waals surface area contributed by atoms with Gasteiger partial charge in [-0.25, -0.2) is 9.18 Å². The van der Waals surface area contributed by atoms with Crippen molar-refractivity contribution in [1.29, 1.82) is 0 Å². The molecule has 3 rings (SSSR count). The van der Waals surface area contributed by atoms with Gasteiger partial charge in [-0.2, -0.15) is 5.10 Å². The maximum atomic E-state index is 13.8. The molecule has 2 fully saturated rings. The number of hydrogen-bond acceptors (Lipinski definition) is 4. The highest BCUT2D eigenvalue weighted by Gasteiger charge is 2.32. The highest BCUT2D eigenvalue weighted by molar-refractivity contribution is 5.73. The number of halogens is 1. The zero-order chi connectivity index (χ0) is 16.9. The molecular weight excluding hydrogens is 313 g/mol. The Morgan fingerprint density at radius 2 is 2.29 bits per heavy atom. The second-order valence-electron chi connectivity index (χ2n) is 6.59. The van der Waals surface area contributed by atoms with Gasteiger partial charge in [-0.1, -0.05) is 0 Å². The number of amides is 2. The van der Waals surface area contributed by atoms with E-state index >= 15 is 0 Å². The van der Waals surface area contributed by atoms with Crippen LogP contribution in [0.15, 0.2) is 12.3 Å². The Bertz CT molecular complexity index is 546. The minimum atomic E-state index is -0.847. The molecule has 0 saturated carbocycles. The second-order valence-corrected chi connectivity index (χ2v) is 6.59. The first kappa shape index (κ1) is 17.2. The number of carbonyl (C=O) groups excluding carboxylic acids is 1. The zero-order valence-electron chi connectivity index (χ0n) is 14.1. The Morgan fingerprint density at radius 1 is 1.46 bits per heavy atom. The quantitative estimate of drug-likeness (QED) is 0.805. The molecule has 0 unspecified atom stereocenters.